The molecule has 2 N–H and O–H groups in total. The lowest BCUT2D eigenvalue weighted by Crippen LogP contribution is -2.50. The fourth-order valence-corrected chi connectivity index (χ4v) is 2.89. The highest BCUT2D eigenvalue weighted by Gasteiger charge is 2.40. The Bertz CT molecular complexity index is 624. The molecule has 1 atom stereocenters. The van der Waals surface area contributed by atoms with E-state index in [1.165, 1.54) is 0 Å². The molecule has 1 aromatic carbocycles. The lowest BCUT2D eigenvalue weighted by Gasteiger charge is -2.35. The zero-order valence-corrected chi connectivity index (χ0v) is 11.4. The summed E-state index contributed by atoms with van der Waals surface area (Å²) in [5.74, 6) is -0.174. The fourth-order valence-electron chi connectivity index (χ4n) is 2.89. The summed E-state index contributed by atoms with van der Waals surface area (Å²) in [5.41, 5.74) is 8.78. The van der Waals surface area contributed by atoms with Gasteiger partial charge in [0.15, 0.2) is 0 Å². The molecular formula is C15H17N3O2. The van der Waals surface area contributed by atoms with E-state index in [0.717, 1.165) is 17.7 Å². The van der Waals surface area contributed by atoms with Gasteiger partial charge in [0.1, 0.15) is 6.04 Å². The maximum absolute atomic E-state index is 12.5. The van der Waals surface area contributed by atoms with Crippen LogP contribution in [0.15, 0.2) is 30.5 Å². The molecule has 0 spiro atoms. The topological polar surface area (TPSA) is 66.6 Å². The second-order valence-corrected chi connectivity index (χ2v) is 5.32. The first-order chi connectivity index (χ1) is 9.50. The van der Waals surface area contributed by atoms with E-state index >= 15 is 0 Å². The molecule has 104 valence electrons. The van der Waals surface area contributed by atoms with Gasteiger partial charge in [-0.3, -0.25) is 9.59 Å². The van der Waals surface area contributed by atoms with E-state index < -0.39 is 6.04 Å². The van der Waals surface area contributed by atoms with Crippen molar-refractivity contribution in [3.63, 3.8) is 0 Å². The van der Waals surface area contributed by atoms with Crippen LogP contribution in [0.2, 0.25) is 0 Å². The predicted octanol–water partition coefficient (Wildman–Crippen LogP) is 1.36. The number of nitrogen functional groups attached to an aromatic ring is 1. The average Bonchev–Trinajstić information content (AvgIpc) is 2.76. The SMILES string of the molecule is C=C1CCC(N2Cc3c(N)cccc3C2=O)C(=O)N1C. The highest BCUT2D eigenvalue weighted by molar-refractivity contribution is 6.02. The van der Waals surface area contributed by atoms with E-state index in [1.54, 1.807) is 35.0 Å². The number of anilines is 1. The summed E-state index contributed by atoms with van der Waals surface area (Å²) in [5, 5.41) is 0. The number of amides is 2. The number of rotatable bonds is 1. The van der Waals surface area contributed by atoms with Gasteiger partial charge in [0.2, 0.25) is 5.91 Å². The number of carbonyl (C=O) groups is 2. The van der Waals surface area contributed by atoms with Crippen molar-refractivity contribution in [3.05, 3.63) is 41.6 Å². The van der Waals surface area contributed by atoms with Gasteiger partial charge in [-0.25, -0.2) is 0 Å². The van der Waals surface area contributed by atoms with Crippen LogP contribution in [0, 0.1) is 0 Å². The molecule has 0 bridgehead atoms. The quantitative estimate of drug-likeness (QED) is 0.784. The second-order valence-electron chi connectivity index (χ2n) is 5.32. The number of likely N-dealkylation sites (N-methyl/N-ethyl adjacent to an activating group) is 1. The molecule has 1 aromatic rings. The summed E-state index contributed by atoms with van der Waals surface area (Å²) in [7, 11) is 1.71. The molecule has 5 heteroatoms. The van der Waals surface area contributed by atoms with Gasteiger partial charge in [-0.15, -0.1) is 0 Å². The van der Waals surface area contributed by atoms with Gasteiger partial charge in [0.25, 0.3) is 5.91 Å². The first-order valence-corrected chi connectivity index (χ1v) is 6.64. The van der Waals surface area contributed by atoms with E-state index in [-0.39, 0.29) is 11.8 Å². The summed E-state index contributed by atoms with van der Waals surface area (Å²) < 4.78 is 0. The summed E-state index contributed by atoms with van der Waals surface area (Å²) in [6.07, 6.45) is 1.35. The highest BCUT2D eigenvalue weighted by Crippen LogP contribution is 2.32. The number of fused-ring (bicyclic) bond motifs is 1. The van der Waals surface area contributed by atoms with Crippen LogP contribution in [0.1, 0.15) is 28.8 Å². The Labute approximate surface area is 117 Å². The number of allylic oxidation sites excluding steroid dienone is 1. The summed E-state index contributed by atoms with van der Waals surface area (Å²) in [6, 6.07) is 4.91. The van der Waals surface area contributed by atoms with Crippen molar-refractivity contribution in [2.75, 3.05) is 12.8 Å². The smallest absolute Gasteiger partial charge is 0.255 e. The van der Waals surface area contributed by atoms with E-state index in [2.05, 4.69) is 6.58 Å². The average molecular weight is 271 g/mol. The molecule has 0 aliphatic carbocycles. The van der Waals surface area contributed by atoms with E-state index in [9.17, 15) is 9.59 Å². The van der Waals surface area contributed by atoms with E-state index in [0.29, 0.717) is 24.2 Å². The van der Waals surface area contributed by atoms with Crippen molar-refractivity contribution in [1.29, 1.82) is 0 Å². The third kappa shape index (κ3) is 1.70. The van der Waals surface area contributed by atoms with Crippen LogP contribution in [-0.4, -0.2) is 34.7 Å². The van der Waals surface area contributed by atoms with E-state index in [1.807, 2.05) is 0 Å². The summed E-state index contributed by atoms with van der Waals surface area (Å²) in [6.45, 7) is 4.28. The van der Waals surface area contributed by atoms with Crippen molar-refractivity contribution >= 4 is 17.5 Å². The zero-order chi connectivity index (χ0) is 14.4. The normalized spacial score (nSPS) is 22.4. The maximum atomic E-state index is 12.5. The number of piperidine rings is 1. The van der Waals surface area contributed by atoms with Gasteiger partial charge < -0.3 is 15.5 Å². The highest BCUT2D eigenvalue weighted by atomic mass is 16.2. The first kappa shape index (κ1) is 12.7. The molecule has 1 fully saturated rings. The van der Waals surface area contributed by atoms with Crippen LogP contribution in [-0.2, 0) is 11.3 Å². The first-order valence-electron chi connectivity index (χ1n) is 6.64. The monoisotopic (exact) mass is 271 g/mol. The third-order valence-electron chi connectivity index (χ3n) is 4.20. The van der Waals surface area contributed by atoms with Crippen molar-refractivity contribution in [1.82, 2.24) is 9.80 Å². The van der Waals surface area contributed by atoms with Crippen LogP contribution in [0.25, 0.3) is 0 Å². The summed E-state index contributed by atoms with van der Waals surface area (Å²) >= 11 is 0. The molecule has 0 aromatic heterocycles. The Morgan fingerprint density at radius 2 is 2.10 bits per heavy atom. The van der Waals surface area contributed by atoms with Gasteiger partial charge in [-0.2, -0.15) is 0 Å². The molecule has 20 heavy (non-hydrogen) atoms. The van der Waals surface area contributed by atoms with Gasteiger partial charge in [0.05, 0.1) is 0 Å². The van der Waals surface area contributed by atoms with Crippen molar-refractivity contribution in [3.8, 4) is 0 Å². The van der Waals surface area contributed by atoms with Gasteiger partial charge >= 0.3 is 0 Å². The van der Waals surface area contributed by atoms with Crippen LogP contribution in [0.5, 0.6) is 0 Å². The van der Waals surface area contributed by atoms with Crippen molar-refractivity contribution in [2.24, 2.45) is 0 Å². The van der Waals surface area contributed by atoms with Crippen LogP contribution in [0.3, 0.4) is 0 Å². The maximum Gasteiger partial charge on any atom is 0.255 e. The number of nitrogens with zero attached hydrogens (tertiary/aromatic N) is 2. The molecule has 1 saturated heterocycles. The Kier molecular flexibility index (Phi) is 2.78. The van der Waals surface area contributed by atoms with Gasteiger partial charge in [0, 0.05) is 36.1 Å². The minimum absolute atomic E-state index is 0.0685. The minimum atomic E-state index is -0.412. The largest absolute Gasteiger partial charge is 0.398 e. The molecular weight excluding hydrogens is 254 g/mol. The van der Waals surface area contributed by atoms with Gasteiger partial charge in [-0.1, -0.05) is 12.6 Å². The van der Waals surface area contributed by atoms with Crippen molar-refractivity contribution < 1.29 is 9.59 Å². The Morgan fingerprint density at radius 3 is 2.80 bits per heavy atom. The number of carbonyl (C=O) groups excluding carboxylic acids is 2. The molecule has 2 aliphatic heterocycles. The van der Waals surface area contributed by atoms with Crippen LogP contribution in [0.4, 0.5) is 5.69 Å². The molecule has 5 nitrogen and oxygen atoms in total. The number of nitrogens with two attached hydrogens (primary N) is 1. The Hall–Kier alpha value is -2.30. The Balaban J connectivity index is 1.91. The minimum Gasteiger partial charge on any atom is -0.398 e. The lowest BCUT2D eigenvalue weighted by atomic mass is 10.0. The second kappa shape index (κ2) is 4.37. The van der Waals surface area contributed by atoms with Crippen molar-refractivity contribution in [2.45, 2.75) is 25.4 Å². The molecule has 2 aliphatic rings. The standard InChI is InChI=1S/C15H17N3O2/c1-9-6-7-13(15(20)17(9)2)18-8-11-10(14(18)19)4-3-5-12(11)16/h3-5,13H,1,6-8,16H2,2H3. The number of hydrogen-bond acceptors (Lipinski definition) is 3. The lowest BCUT2D eigenvalue weighted by molar-refractivity contribution is -0.135. The third-order valence-corrected chi connectivity index (χ3v) is 4.20. The predicted molar refractivity (Wildman–Crippen MR) is 75.7 cm³/mol. The molecule has 0 radical (unpaired) electrons. The van der Waals surface area contributed by atoms with Gasteiger partial charge in [-0.05, 0) is 25.0 Å². The molecule has 2 heterocycles. The number of hydrogen-bond donors (Lipinski definition) is 1. The summed E-state index contributed by atoms with van der Waals surface area (Å²) in [4.78, 5) is 28.0. The molecule has 2 amide bonds. The molecule has 0 saturated carbocycles. The molecule has 1 unspecified atom stereocenters. The van der Waals surface area contributed by atoms with E-state index in [4.69, 9.17) is 5.73 Å². The fraction of sp³-hybridized carbons (Fsp3) is 0.333. The number of likely N-dealkylation sites (tertiary alicyclic amines) is 1. The number of benzene rings is 1. The Morgan fingerprint density at radius 1 is 1.35 bits per heavy atom. The molecule has 3 rings (SSSR count). The zero-order valence-electron chi connectivity index (χ0n) is 11.4. The van der Waals surface area contributed by atoms with Crippen LogP contribution < -0.4 is 5.73 Å². The van der Waals surface area contributed by atoms with Crippen LogP contribution >= 0.6 is 0 Å².